The van der Waals surface area contributed by atoms with E-state index >= 15 is 0 Å². The molecule has 1 fully saturated rings. The molecule has 1 saturated heterocycles. The summed E-state index contributed by atoms with van der Waals surface area (Å²) in [6.07, 6.45) is 3.73. The lowest BCUT2D eigenvalue weighted by Crippen LogP contribution is -2.40. The first kappa shape index (κ1) is 16.9. The predicted molar refractivity (Wildman–Crippen MR) is 89.2 cm³/mol. The Bertz CT molecular complexity index is 488. The molecule has 1 amide bonds. The largest absolute Gasteiger partial charge is 0.444 e. The van der Waals surface area contributed by atoms with Gasteiger partial charge in [-0.05, 0) is 33.6 Å². The number of thiazole rings is 1. The van der Waals surface area contributed by atoms with Crippen molar-refractivity contribution in [3.63, 3.8) is 0 Å². The van der Waals surface area contributed by atoms with Crippen molar-refractivity contribution in [1.82, 2.24) is 9.88 Å². The van der Waals surface area contributed by atoms with E-state index in [9.17, 15) is 4.79 Å². The van der Waals surface area contributed by atoms with Crippen LogP contribution in [0.5, 0.6) is 0 Å². The molecule has 2 rings (SSSR count). The molecule has 1 aromatic rings. The van der Waals surface area contributed by atoms with Gasteiger partial charge in [0, 0.05) is 35.2 Å². The Morgan fingerprint density at radius 2 is 2.38 bits per heavy atom. The maximum atomic E-state index is 12.2. The number of likely N-dealkylation sites (tertiary alicyclic amines) is 1. The van der Waals surface area contributed by atoms with E-state index in [0.717, 1.165) is 30.9 Å². The number of carbonyl (C=O) groups excluding carboxylic acids is 1. The Labute approximate surface area is 139 Å². The van der Waals surface area contributed by atoms with Crippen LogP contribution >= 0.6 is 34.7 Å². The topological polar surface area (TPSA) is 42.4 Å². The third kappa shape index (κ3) is 5.34. The summed E-state index contributed by atoms with van der Waals surface area (Å²) in [4.78, 5) is 19.3. The number of ether oxygens (including phenoxy) is 1. The number of aromatic nitrogens is 1. The molecule has 7 heteroatoms. The van der Waals surface area contributed by atoms with Crippen LogP contribution in [0, 0.1) is 0 Å². The first-order valence-electron chi connectivity index (χ1n) is 7.03. The van der Waals surface area contributed by atoms with Crippen LogP contribution in [0.1, 0.15) is 38.5 Å². The van der Waals surface area contributed by atoms with Crippen molar-refractivity contribution in [3.05, 3.63) is 15.5 Å². The second kappa shape index (κ2) is 7.20. The van der Waals surface area contributed by atoms with Crippen molar-refractivity contribution in [2.45, 2.75) is 51.0 Å². The van der Waals surface area contributed by atoms with Crippen LogP contribution in [0.25, 0.3) is 0 Å². The van der Waals surface area contributed by atoms with E-state index in [1.165, 1.54) is 16.2 Å². The average molecular weight is 349 g/mol. The summed E-state index contributed by atoms with van der Waals surface area (Å²) < 4.78 is 6.06. The van der Waals surface area contributed by atoms with Gasteiger partial charge in [-0.15, -0.1) is 11.3 Å². The van der Waals surface area contributed by atoms with Crippen LogP contribution in [0.15, 0.2) is 6.20 Å². The van der Waals surface area contributed by atoms with Gasteiger partial charge >= 0.3 is 6.09 Å². The smallest absolute Gasteiger partial charge is 0.410 e. The summed E-state index contributed by atoms with van der Waals surface area (Å²) in [5, 5.41) is 0. The van der Waals surface area contributed by atoms with Gasteiger partial charge in [0.1, 0.15) is 5.60 Å². The fraction of sp³-hybridized carbons (Fsp3) is 0.714. The van der Waals surface area contributed by atoms with E-state index in [-0.39, 0.29) is 12.1 Å². The lowest BCUT2D eigenvalue weighted by molar-refractivity contribution is 0.0242. The lowest BCUT2D eigenvalue weighted by Gasteiger charge is -2.28. The van der Waals surface area contributed by atoms with Gasteiger partial charge < -0.3 is 9.64 Å². The minimum atomic E-state index is -0.434. The highest BCUT2D eigenvalue weighted by atomic mass is 35.5. The molecule has 118 valence electrons. The quantitative estimate of drug-likeness (QED) is 0.807. The van der Waals surface area contributed by atoms with Gasteiger partial charge in [0.05, 0.1) is 0 Å². The number of halogens is 1. The molecule has 0 N–H and O–H groups in total. The van der Waals surface area contributed by atoms with Crippen LogP contribution in [-0.2, 0) is 10.5 Å². The van der Waals surface area contributed by atoms with E-state index in [1.807, 2.05) is 43.6 Å². The number of rotatable bonds is 4. The number of carbonyl (C=O) groups is 1. The molecular formula is C14H21ClN2O2S2. The van der Waals surface area contributed by atoms with Gasteiger partial charge in [-0.1, -0.05) is 11.6 Å². The Morgan fingerprint density at radius 3 is 3.00 bits per heavy atom. The summed E-state index contributed by atoms with van der Waals surface area (Å²) in [6, 6.07) is 0.272. The summed E-state index contributed by atoms with van der Waals surface area (Å²) in [7, 11) is 0. The maximum absolute atomic E-state index is 12.2. The zero-order valence-electron chi connectivity index (χ0n) is 12.6. The normalized spacial score (nSPS) is 19.0. The van der Waals surface area contributed by atoms with Gasteiger partial charge in [-0.3, -0.25) is 0 Å². The second-order valence-electron chi connectivity index (χ2n) is 6.06. The molecule has 4 nitrogen and oxygen atoms in total. The summed E-state index contributed by atoms with van der Waals surface area (Å²) in [6.45, 7) is 6.50. The Balaban J connectivity index is 1.80. The van der Waals surface area contributed by atoms with Gasteiger partial charge in [-0.25, -0.2) is 9.78 Å². The van der Waals surface area contributed by atoms with E-state index in [2.05, 4.69) is 4.98 Å². The molecule has 0 aromatic carbocycles. The molecule has 0 spiro atoms. The van der Waals surface area contributed by atoms with Crippen LogP contribution in [-0.4, -0.2) is 39.9 Å². The zero-order chi connectivity index (χ0) is 15.5. The third-order valence-electron chi connectivity index (χ3n) is 3.09. The number of nitrogens with zero attached hydrogens (tertiary/aromatic N) is 2. The molecule has 0 saturated carbocycles. The molecule has 1 aliphatic heterocycles. The van der Waals surface area contributed by atoms with Gasteiger partial charge in [0.15, 0.2) is 4.47 Å². The summed E-state index contributed by atoms with van der Waals surface area (Å²) >= 11 is 9.15. The van der Waals surface area contributed by atoms with Crippen molar-refractivity contribution >= 4 is 40.8 Å². The van der Waals surface area contributed by atoms with Crippen LogP contribution in [0.2, 0.25) is 4.47 Å². The lowest BCUT2D eigenvalue weighted by atomic mass is 10.2. The minimum absolute atomic E-state index is 0.188. The fourth-order valence-electron chi connectivity index (χ4n) is 2.22. The van der Waals surface area contributed by atoms with Gasteiger partial charge in [-0.2, -0.15) is 11.8 Å². The van der Waals surface area contributed by atoms with Crippen molar-refractivity contribution in [3.8, 4) is 0 Å². The maximum Gasteiger partial charge on any atom is 0.410 e. The molecule has 2 heterocycles. The average Bonchev–Trinajstić information content (AvgIpc) is 2.96. The van der Waals surface area contributed by atoms with E-state index in [0.29, 0.717) is 4.47 Å². The molecule has 1 aromatic heterocycles. The summed E-state index contributed by atoms with van der Waals surface area (Å²) in [5.74, 6) is 1.82. The Hall–Kier alpha value is -0.460. The van der Waals surface area contributed by atoms with Gasteiger partial charge in [0.2, 0.25) is 0 Å². The molecule has 0 radical (unpaired) electrons. The second-order valence-corrected chi connectivity index (χ2v) is 8.79. The Morgan fingerprint density at radius 1 is 1.62 bits per heavy atom. The van der Waals surface area contributed by atoms with Crippen molar-refractivity contribution in [2.75, 3.05) is 12.3 Å². The zero-order valence-corrected chi connectivity index (χ0v) is 15.0. The van der Waals surface area contributed by atoms with E-state index in [1.54, 1.807) is 0 Å². The Kier molecular flexibility index (Phi) is 5.80. The standard InChI is InChI=1S/C14H21ClN2O2S2/c1-14(2,3)19-13(18)17-6-4-5-10(17)8-20-9-11-7-16-12(15)21-11/h7,10H,4-6,8-9H2,1-3H3/t10-/m1/s1. The molecule has 1 atom stereocenters. The molecule has 21 heavy (non-hydrogen) atoms. The number of amides is 1. The first-order chi connectivity index (χ1) is 9.85. The number of hydrogen-bond donors (Lipinski definition) is 0. The monoisotopic (exact) mass is 348 g/mol. The van der Waals surface area contributed by atoms with Crippen LogP contribution in [0.4, 0.5) is 4.79 Å². The van der Waals surface area contributed by atoms with Crippen LogP contribution < -0.4 is 0 Å². The molecule has 0 unspecified atom stereocenters. The predicted octanol–water partition coefficient (Wildman–Crippen LogP) is 4.43. The van der Waals surface area contributed by atoms with Crippen molar-refractivity contribution in [1.29, 1.82) is 0 Å². The van der Waals surface area contributed by atoms with Crippen LogP contribution in [0.3, 0.4) is 0 Å². The SMILES string of the molecule is CC(C)(C)OC(=O)N1CCC[C@@H]1CSCc1cnc(Cl)s1. The van der Waals surface area contributed by atoms with Crippen molar-refractivity contribution < 1.29 is 9.53 Å². The molecule has 0 bridgehead atoms. The molecular weight excluding hydrogens is 328 g/mol. The highest BCUT2D eigenvalue weighted by Gasteiger charge is 2.31. The van der Waals surface area contributed by atoms with Crippen molar-refractivity contribution in [2.24, 2.45) is 0 Å². The molecule has 1 aliphatic rings. The first-order valence-corrected chi connectivity index (χ1v) is 9.37. The highest BCUT2D eigenvalue weighted by Crippen LogP contribution is 2.27. The van der Waals surface area contributed by atoms with Gasteiger partial charge in [0.25, 0.3) is 0 Å². The number of thioether (sulfide) groups is 1. The fourth-order valence-corrected chi connectivity index (χ4v) is 4.49. The highest BCUT2D eigenvalue weighted by molar-refractivity contribution is 7.98. The third-order valence-corrected chi connectivity index (χ3v) is 5.52. The van der Waals surface area contributed by atoms with E-state index < -0.39 is 5.60 Å². The number of hydrogen-bond acceptors (Lipinski definition) is 5. The summed E-state index contributed by atoms with van der Waals surface area (Å²) in [5.41, 5.74) is -0.434. The van der Waals surface area contributed by atoms with E-state index in [4.69, 9.17) is 16.3 Å². The minimum Gasteiger partial charge on any atom is -0.444 e. The molecule has 0 aliphatic carbocycles.